The van der Waals surface area contributed by atoms with Crippen molar-refractivity contribution in [1.82, 2.24) is 10.6 Å². The van der Waals surface area contributed by atoms with E-state index in [1.165, 1.54) is 13.8 Å². The Hall–Kier alpha value is -3.76. The van der Waals surface area contributed by atoms with E-state index in [9.17, 15) is 24.9 Å². The summed E-state index contributed by atoms with van der Waals surface area (Å²) in [5.74, 6) is -0.882. The van der Waals surface area contributed by atoms with Crippen LogP contribution in [0.2, 0.25) is 0 Å². The van der Waals surface area contributed by atoms with Crippen LogP contribution in [-0.2, 0) is 57.8 Å². The van der Waals surface area contributed by atoms with E-state index in [-0.39, 0.29) is 32.3 Å². The quantitative estimate of drug-likeness (QED) is 0.156. The van der Waals surface area contributed by atoms with Crippen molar-refractivity contribution in [2.45, 2.75) is 95.0 Å². The molecule has 0 aliphatic carbocycles. The van der Waals surface area contributed by atoms with Crippen LogP contribution in [0.15, 0.2) is 91.0 Å². The summed E-state index contributed by atoms with van der Waals surface area (Å²) >= 11 is 0. The molecule has 13 nitrogen and oxygen atoms in total. The Morgan fingerprint density at radius 1 is 0.640 bits per heavy atom. The summed E-state index contributed by atoms with van der Waals surface area (Å²) in [5.41, 5.74) is 2.66. The first-order valence-corrected chi connectivity index (χ1v) is 16.6. The highest BCUT2D eigenvalue weighted by molar-refractivity contribution is 5.73. The number of aliphatic hydroxyl groups excluding tert-OH is 3. The van der Waals surface area contributed by atoms with Crippen LogP contribution in [-0.4, -0.2) is 102 Å². The smallest absolute Gasteiger partial charge is 0.217 e. The van der Waals surface area contributed by atoms with E-state index in [2.05, 4.69) is 10.6 Å². The fraction of sp³-hybridized carbons (Fsp3) is 0.459. The molecule has 10 atom stereocenters. The van der Waals surface area contributed by atoms with Crippen LogP contribution in [0.5, 0.6) is 0 Å². The van der Waals surface area contributed by atoms with Gasteiger partial charge in [0.25, 0.3) is 0 Å². The van der Waals surface area contributed by atoms with Crippen LogP contribution < -0.4 is 10.6 Å². The van der Waals surface area contributed by atoms with E-state index < -0.39 is 73.8 Å². The van der Waals surface area contributed by atoms with E-state index >= 15 is 0 Å². The summed E-state index contributed by atoms with van der Waals surface area (Å²) in [4.78, 5) is 24.9. The van der Waals surface area contributed by atoms with Gasteiger partial charge in [0.05, 0.1) is 33.0 Å². The third-order valence-corrected chi connectivity index (χ3v) is 8.49. The summed E-state index contributed by atoms with van der Waals surface area (Å²) in [5, 5.41) is 37.2. The van der Waals surface area contributed by atoms with Crippen LogP contribution in [0.1, 0.15) is 30.5 Å². The van der Waals surface area contributed by atoms with Crippen molar-refractivity contribution >= 4 is 11.8 Å². The molecule has 3 aromatic carbocycles. The highest BCUT2D eigenvalue weighted by atomic mass is 16.7. The minimum atomic E-state index is -1.55. The van der Waals surface area contributed by atoms with Gasteiger partial charge in [-0.25, -0.2) is 0 Å². The Bertz CT molecular complexity index is 1470. The van der Waals surface area contributed by atoms with Gasteiger partial charge < -0.3 is 54.4 Å². The summed E-state index contributed by atoms with van der Waals surface area (Å²) in [6, 6.07) is 26.3. The average Bonchev–Trinajstić information content (AvgIpc) is 3.12. The summed E-state index contributed by atoms with van der Waals surface area (Å²) in [6.07, 6.45) is -9.63. The zero-order valence-electron chi connectivity index (χ0n) is 28.1. The monoisotopic (exact) mass is 694 g/mol. The predicted molar refractivity (Wildman–Crippen MR) is 179 cm³/mol. The molecule has 0 aromatic heterocycles. The van der Waals surface area contributed by atoms with Crippen molar-refractivity contribution in [2.75, 3.05) is 13.2 Å². The van der Waals surface area contributed by atoms with Gasteiger partial charge in [0.2, 0.25) is 11.8 Å². The van der Waals surface area contributed by atoms with Crippen LogP contribution in [0, 0.1) is 0 Å². The molecule has 1 unspecified atom stereocenters. The first-order valence-electron chi connectivity index (χ1n) is 16.6. The Morgan fingerprint density at radius 2 is 1.14 bits per heavy atom. The van der Waals surface area contributed by atoms with Crippen molar-refractivity contribution in [3.05, 3.63) is 108 Å². The Balaban J connectivity index is 1.50. The molecule has 0 radical (unpaired) electrons. The molecule has 0 saturated carbocycles. The maximum Gasteiger partial charge on any atom is 0.217 e. The van der Waals surface area contributed by atoms with Gasteiger partial charge in [0.15, 0.2) is 12.6 Å². The number of hydrogen-bond acceptors (Lipinski definition) is 11. The second kappa shape index (κ2) is 18.5. The molecular weight excluding hydrogens is 648 g/mol. The average molecular weight is 695 g/mol. The summed E-state index contributed by atoms with van der Waals surface area (Å²) in [7, 11) is 0. The van der Waals surface area contributed by atoms with Gasteiger partial charge in [-0.05, 0) is 16.7 Å². The molecule has 270 valence electrons. The minimum Gasteiger partial charge on any atom is -0.394 e. The van der Waals surface area contributed by atoms with E-state index in [4.69, 9.17) is 28.4 Å². The molecule has 2 saturated heterocycles. The SMILES string of the molecule is CC(=O)N[C@H]1[C@@H](OCc2ccccc2)O[C@H](COCc2ccccc2)[C@@H](OC2O[C@H](CO)[C@@H](O)[C@H](O)[C@H]2NC(C)=O)[C@@H]1OCc1ccccc1. The van der Waals surface area contributed by atoms with E-state index in [1.807, 2.05) is 91.0 Å². The molecule has 2 amide bonds. The molecule has 5 N–H and O–H groups in total. The third-order valence-electron chi connectivity index (χ3n) is 8.49. The predicted octanol–water partition coefficient (Wildman–Crippen LogP) is 1.56. The lowest BCUT2D eigenvalue weighted by molar-refractivity contribution is -0.339. The van der Waals surface area contributed by atoms with Crippen molar-refractivity contribution < 1.29 is 53.3 Å². The van der Waals surface area contributed by atoms with E-state index in [1.54, 1.807) is 0 Å². The molecule has 50 heavy (non-hydrogen) atoms. The number of aliphatic hydroxyl groups is 3. The van der Waals surface area contributed by atoms with Gasteiger partial charge in [0.1, 0.15) is 48.7 Å². The van der Waals surface area contributed by atoms with Gasteiger partial charge in [-0.15, -0.1) is 0 Å². The lowest BCUT2D eigenvalue weighted by atomic mass is 9.94. The number of hydrogen-bond donors (Lipinski definition) is 5. The molecular formula is C37H46N2O11. The third kappa shape index (κ3) is 10.2. The molecule has 2 aliphatic heterocycles. The zero-order chi connectivity index (χ0) is 35.5. The maximum atomic E-state index is 12.7. The molecule has 0 spiro atoms. The summed E-state index contributed by atoms with van der Waals surface area (Å²) in [6.45, 7) is 2.50. The van der Waals surface area contributed by atoms with Gasteiger partial charge in [0, 0.05) is 13.8 Å². The lowest BCUT2D eigenvalue weighted by Crippen LogP contribution is -2.69. The largest absolute Gasteiger partial charge is 0.394 e. The van der Waals surface area contributed by atoms with Crippen LogP contribution in [0.25, 0.3) is 0 Å². The van der Waals surface area contributed by atoms with Crippen molar-refractivity contribution in [2.24, 2.45) is 0 Å². The molecule has 0 bridgehead atoms. The molecule has 5 rings (SSSR count). The number of carbonyl (C=O) groups is 2. The highest BCUT2D eigenvalue weighted by Gasteiger charge is 2.53. The zero-order valence-corrected chi connectivity index (χ0v) is 28.1. The number of nitrogens with one attached hydrogen (secondary N) is 2. The highest BCUT2D eigenvalue weighted by Crippen LogP contribution is 2.32. The standard InChI is InChI=1S/C37H46N2O11/c1-23(41)38-30-33(44)32(43)28(18-40)48-37(30)50-34-29(22-45-19-25-12-6-3-7-13-25)49-36(47-21-27-16-10-5-11-17-27)31(39-24(2)42)35(34)46-20-26-14-8-4-9-15-26/h3-17,28-37,40,43-44H,18-22H2,1-2H3,(H,38,41)(H,39,42)/t28-,29-,30-,31-,32-,33-,34-,35-,36+,37?/m1/s1. The van der Waals surface area contributed by atoms with Crippen LogP contribution in [0.3, 0.4) is 0 Å². The molecule has 2 aliphatic rings. The fourth-order valence-electron chi connectivity index (χ4n) is 6.06. The summed E-state index contributed by atoms with van der Waals surface area (Å²) < 4.78 is 38.1. The Morgan fingerprint density at radius 3 is 1.68 bits per heavy atom. The van der Waals surface area contributed by atoms with E-state index in [0.717, 1.165) is 16.7 Å². The van der Waals surface area contributed by atoms with Crippen molar-refractivity contribution in [3.63, 3.8) is 0 Å². The molecule has 2 fully saturated rings. The maximum absolute atomic E-state index is 12.7. The van der Waals surface area contributed by atoms with E-state index in [0.29, 0.717) is 0 Å². The molecule has 2 heterocycles. The number of benzene rings is 3. The first kappa shape index (κ1) is 37.5. The second-order valence-corrected chi connectivity index (χ2v) is 12.4. The van der Waals surface area contributed by atoms with Crippen LogP contribution in [0.4, 0.5) is 0 Å². The molecule has 13 heteroatoms. The van der Waals surface area contributed by atoms with Crippen molar-refractivity contribution in [3.8, 4) is 0 Å². The van der Waals surface area contributed by atoms with Gasteiger partial charge in [-0.3, -0.25) is 9.59 Å². The minimum absolute atomic E-state index is 0.0190. The fourth-order valence-corrected chi connectivity index (χ4v) is 6.06. The van der Waals surface area contributed by atoms with Crippen molar-refractivity contribution in [1.29, 1.82) is 0 Å². The normalized spacial score (nSPS) is 29.6. The number of ether oxygens (including phenoxy) is 6. The Kier molecular flexibility index (Phi) is 13.8. The molecule has 3 aromatic rings. The number of carbonyl (C=O) groups excluding carboxylic acids is 2. The van der Waals surface area contributed by atoms with Crippen LogP contribution >= 0.6 is 0 Å². The first-order chi connectivity index (χ1) is 24.2. The van der Waals surface area contributed by atoms with Gasteiger partial charge in [-0.2, -0.15) is 0 Å². The number of rotatable bonds is 15. The second-order valence-electron chi connectivity index (χ2n) is 12.4. The van der Waals surface area contributed by atoms with Gasteiger partial charge >= 0.3 is 0 Å². The number of amides is 2. The lowest BCUT2D eigenvalue weighted by Gasteiger charge is -2.49. The van der Waals surface area contributed by atoms with Gasteiger partial charge in [-0.1, -0.05) is 91.0 Å². The Labute approximate surface area is 291 Å². The topological polar surface area (TPSA) is 174 Å².